The number of anilines is 1. The van der Waals surface area contributed by atoms with E-state index in [0.29, 0.717) is 23.8 Å². The molecule has 0 saturated carbocycles. The van der Waals surface area contributed by atoms with Crippen molar-refractivity contribution in [3.05, 3.63) is 52.5 Å². The van der Waals surface area contributed by atoms with Crippen molar-refractivity contribution in [2.45, 2.75) is 33.2 Å². The number of fused-ring (bicyclic) bond motifs is 1. The predicted molar refractivity (Wildman–Crippen MR) is 110 cm³/mol. The molecule has 2 aromatic heterocycles. The number of nitrogens with one attached hydrogen (secondary N) is 1. The molecule has 3 aromatic rings. The molecule has 0 spiro atoms. The third-order valence-corrected chi connectivity index (χ3v) is 5.82. The van der Waals surface area contributed by atoms with Crippen LogP contribution in [-0.4, -0.2) is 29.0 Å². The Bertz CT molecular complexity index is 1020. The van der Waals surface area contributed by atoms with Crippen molar-refractivity contribution >= 4 is 34.4 Å². The van der Waals surface area contributed by atoms with Gasteiger partial charge in [0, 0.05) is 30.2 Å². The summed E-state index contributed by atoms with van der Waals surface area (Å²) in [6.45, 7) is 5.88. The highest BCUT2D eigenvalue weighted by molar-refractivity contribution is 6.31. The highest BCUT2D eigenvalue weighted by Gasteiger charge is 2.28. The summed E-state index contributed by atoms with van der Waals surface area (Å²) < 4.78 is 5.73. The molecule has 1 fully saturated rings. The number of rotatable bonds is 4. The second kappa shape index (κ2) is 7.80. The van der Waals surface area contributed by atoms with Gasteiger partial charge in [-0.1, -0.05) is 29.8 Å². The molecule has 1 atom stereocenters. The maximum atomic E-state index is 12.8. The van der Waals surface area contributed by atoms with Gasteiger partial charge in [-0.3, -0.25) is 4.79 Å². The number of piperidine rings is 1. The highest BCUT2D eigenvalue weighted by atomic mass is 35.5. The first kappa shape index (κ1) is 18.7. The summed E-state index contributed by atoms with van der Waals surface area (Å²) >= 11 is 6.19. The van der Waals surface area contributed by atoms with Crippen molar-refractivity contribution in [2.24, 2.45) is 5.92 Å². The van der Waals surface area contributed by atoms with Gasteiger partial charge in [-0.05, 0) is 38.3 Å². The number of nitrogens with zero attached hydrogens (tertiary/aromatic N) is 3. The maximum Gasteiger partial charge on any atom is 0.231 e. The van der Waals surface area contributed by atoms with Gasteiger partial charge in [0.25, 0.3) is 0 Å². The van der Waals surface area contributed by atoms with Crippen LogP contribution in [0, 0.1) is 19.8 Å². The van der Waals surface area contributed by atoms with Crippen LogP contribution >= 0.6 is 11.6 Å². The number of aromatic nitrogens is 2. The Hall–Kier alpha value is -2.60. The number of furan rings is 1. The van der Waals surface area contributed by atoms with Crippen molar-refractivity contribution in [2.75, 3.05) is 18.0 Å². The van der Waals surface area contributed by atoms with Crippen LogP contribution in [0.3, 0.4) is 0 Å². The fourth-order valence-corrected chi connectivity index (χ4v) is 3.96. The zero-order valence-corrected chi connectivity index (χ0v) is 16.8. The SMILES string of the molecule is Cc1oc2ncnc(N3CCC[C@H](C(=O)NCc4ccccc4Cl)C3)c2c1C. The molecule has 7 heteroatoms. The Balaban J connectivity index is 1.49. The van der Waals surface area contributed by atoms with E-state index in [-0.39, 0.29) is 11.8 Å². The summed E-state index contributed by atoms with van der Waals surface area (Å²) in [6, 6.07) is 7.57. The number of aryl methyl sites for hydroxylation is 2. The van der Waals surface area contributed by atoms with Gasteiger partial charge >= 0.3 is 0 Å². The molecule has 0 aliphatic carbocycles. The molecule has 0 radical (unpaired) electrons. The molecule has 1 aliphatic rings. The summed E-state index contributed by atoms with van der Waals surface area (Å²) in [5.74, 6) is 1.66. The zero-order valence-electron chi connectivity index (χ0n) is 16.0. The molecule has 1 aliphatic heterocycles. The van der Waals surface area contributed by atoms with Gasteiger partial charge in [0.1, 0.15) is 17.9 Å². The second-order valence-electron chi connectivity index (χ2n) is 7.26. The van der Waals surface area contributed by atoms with E-state index >= 15 is 0 Å². The number of hydrogen-bond donors (Lipinski definition) is 1. The topological polar surface area (TPSA) is 71.3 Å². The van der Waals surface area contributed by atoms with E-state index in [1.54, 1.807) is 0 Å². The van der Waals surface area contributed by atoms with Crippen molar-refractivity contribution in [1.82, 2.24) is 15.3 Å². The lowest BCUT2D eigenvalue weighted by atomic mass is 9.96. The Morgan fingerprint density at radius 3 is 2.96 bits per heavy atom. The van der Waals surface area contributed by atoms with Crippen LogP contribution in [0.4, 0.5) is 5.82 Å². The number of carbonyl (C=O) groups is 1. The quantitative estimate of drug-likeness (QED) is 0.718. The van der Waals surface area contributed by atoms with Crippen LogP contribution < -0.4 is 10.2 Å². The molecule has 0 unspecified atom stereocenters. The number of carbonyl (C=O) groups excluding carboxylic acids is 1. The standard InChI is InChI=1S/C21H23ClN4O2/c1-13-14(2)28-21-18(13)19(24-12-25-21)26-9-5-7-16(11-26)20(27)23-10-15-6-3-4-8-17(15)22/h3-4,6,8,12,16H,5,7,9-11H2,1-2H3,(H,23,27)/t16-/m0/s1. The third-order valence-electron chi connectivity index (χ3n) is 5.45. The monoisotopic (exact) mass is 398 g/mol. The number of hydrogen-bond acceptors (Lipinski definition) is 5. The zero-order chi connectivity index (χ0) is 19.7. The van der Waals surface area contributed by atoms with Crippen LogP contribution in [0.25, 0.3) is 11.1 Å². The van der Waals surface area contributed by atoms with Gasteiger partial charge < -0.3 is 14.6 Å². The molecule has 1 saturated heterocycles. The minimum Gasteiger partial charge on any atom is -0.443 e. The van der Waals surface area contributed by atoms with E-state index in [0.717, 1.165) is 47.5 Å². The molecule has 1 aromatic carbocycles. The van der Waals surface area contributed by atoms with Crippen molar-refractivity contribution < 1.29 is 9.21 Å². The van der Waals surface area contributed by atoms with Gasteiger partial charge in [-0.2, -0.15) is 0 Å². The van der Waals surface area contributed by atoms with E-state index in [9.17, 15) is 4.79 Å². The van der Waals surface area contributed by atoms with E-state index in [1.807, 2.05) is 38.1 Å². The van der Waals surface area contributed by atoms with Gasteiger partial charge in [0.15, 0.2) is 0 Å². The average Bonchev–Trinajstić information content (AvgIpc) is 3.01. The minimum absolute atomic E-state index is 0.0509. The molecular weight excluding hydrogens is 376 g/mol. The molecule has 146 valence electrons. The summed E-state index contributed by atoms with van der Waals surface area (Å²) in [4.78, 5) is 23.7. The molecule has 1 N–H and O–H groups in total. The normalized spacial score (nSPS) is 17.1. The Morgan fingerprint density at radius 1 is 1.32 bits per heavy atom. The van der Waals surface area contributed by atoms with Crippen molar-refractivity contribution in [3.8, 4) is 0 Å². The fraction of sp³-hybridized carbons (Fsp3) is 0.381. The molecule has 0 bridgehead atoms. The molecule has 1 amide bonds. The van der Waals surface area contributed by atoms with Crippen LogP contribution in [0.5, 0.6) is 0 Å². The van der Waals surface area contributed by atoms with Gasteiger partial charge in [0.2, 0.25) is 11.6 Å². The Kier molecular flexibility index (Phi) is 5.22. The lowest BCUT2D eigenvalue weighted by Crippen LogP contribution is -2.43. The van der Waals surface area contributed by atoms with Crippen LogP contribution in [0.2, 0.25) is 5.02 Å². The summed E-state index contributed by atoms with van der Waals surface area (Å²) in [7, 11) is 0. The Labute approximate surface area is 168 Å². The first-order chi connectivity index (χ1) is 13.5. The lowest BCUT2D eigenvalue weighted by Gasteiger charge is -2.33. The third kappa shape index (κ3) is 3.56. The van der Waals surface area contributed by atoms with E-state index in [4.69, 9.17) is 16.0 Å². The lowest BCUT2D eigenvalue weighted by molar-refractivity contribution is -0.125. The van der Waals surface area contributed by atoms with E-state index in [1.165, 1.54) is 6.33 Å². The second-order valence-corrected chi connectivity index (χ2v) is 7.66. The fourth-order valence-electron chi connectivity index (χ4n) is 3.76. The number of benzene rings is 1. The number of amides is 1. The predicted octanol–water partition coefficient (Wildman–Crippen LogP) is 4.03. The summed E-state index contributed by atoms with van der Waals surface area (Å²) in [5.41, 5.74) is 2.58. The van der Waals surface area contributed by atoms with Crippen LogP contribution in [-0.2, 0) is 11.3 Å². The van der Waals surface area contributed by atoms with Gasteiger partial charge in [-0.15, -0.1) is 0 Å². The maximum absolute atomic E-state index is 12.8. The summed E-state index contributed by atoms with van der Waals surface area (Å²) in [6.07, 6.45) is 3.33. The smallest absolute Gasteiger partial charge is 0.231 e. The number of halogens is 1. The van der Waals surface area contributed by atoms with E-state index in [2.05, 4.69) is 20.2 Å². The molecule has 3 heterocycles. The Morgan fingerprint density at radius 2 is 2.14 bits per heavy atom. The largest absolute Gasteiger partial charge is 0.443 e. The molecule has 4 rings (SSSR count). The molecule has 6 nitrogen and oxygen atoms in total. The first-order valence-electron chi connectivity index (χ1n) is 9.51. The van der Waals surface area contributed by atoms with Gasteiger partial charge in [0.05, 0.1) is 11.3 Å². The highest BCUT2D eigenvalue weighted by Crippen LogP contribution is 2.32. The average molecular weight is 399 g/mol. The van der Waals surface area contributed by atoms with Crippen molar-refractivity contribution in [1.29, 1.82) is 0 Å². The summed E-state index contributed by atoms with van der Waals surface area (Å²) in [5, 5.41) is 4.64. The van der Waals surface area contributed by atoms with Crippen LogP contribution in [0.1, 0.15) is 29.7 Å². The minimum atomic E-state index is -0.0884. The molecular formula is C21H23ClN4O2. The van der Waals surface area contributed by atoms with Gasteiger partial charge in [-0.25, -0.2) is 9.97 Å². The van der Waals surface area contributed by atoms with E-state index < -0.39 is 0 Å². The van der Waals surface area contributed by atoms with Crippen molar-refractivity contribution in [3.63, 3.8) is 0 Å². The molecule has 28 heavy (non-hydrogen) atoms. The first-order valence-corrected chi connectivity index (χ1v) is 9.89. The van der Waals surface area contributed by atoms with Crippen LogP contribution in [0.15, 0.2) is 35.0 Å².